The summed E-state index contributed by atoms with van der Waals surface area (Å²) in [7, 11) is 0. The minimum atomic E-state index is -0.627. The van der Waals surface area contributed by atoms with Gasteiger partial charge in [0.2, 0.25) is 5.91 Å². The third-order valence-electron chi connectivity index (χ3n) is 7.40. The number of aromatic nitrogens is 3. The lowest BCUT2D eigenvalue weighted by Crippen LogP contribution is -2.53. The van der Waals surface area contributed by atoms with Crippen LogP contribution in [0.15, 0.2) is 53.5 Å². The van der Waals surface area contributed by atoms with Gasteiger partial charge in [-0.1, -0.05) is 30.3 Å². The number of piperidine rings is 1. The van der Waals surface area contributed by atoms with Gasteiger partial charge in [0.25, 0.3) is 0 Å². The normalized spacial score (nSPS) is 21.5. The Kier molecular flexibility index (Phi) is 7.04. The second kappa shape index (κ2) is 10.5. The third kappa shape index (κ3) is 4.86. The van der Waals surface area contributed by atoms with E-state index < -0.39 is 6.04 Å². The fourth-order valence-corrected chi connectivity index (χ4v) is 5.50. The van der Waals surface area contributed by atoms with Crippen molar-refractivity contribution >= 4 is 23.1 Å². The quantitative estimate of drug-likeness (QED) is 0.502. The third-order valence-corrected chi connectivity index (χ3v) is 7.40. The number of nitrogens with zero attached hydrogens (tertiary/aromatic N) is 4. The Morgan fingerprint density at radius 2 is 1.83 bits per heavy atom. The average molecular weight is 493 g/mol. The number of urea groups is 1. The van der Waals surface area contributed by atoms with E-state index in [4.69, 9.17) is 0 Å². The Labute approximate surface area is 208 Å². The zero-order valence-electron chi connectivity index (χ0n) is 20.2. The number of imidazole rings is 1. The van der Waals surface area contributed by atoms with Crippen molar-refractivity contribution in [3.63, 3.8) is 0 Å². The topological polar surface area (TPSA) is 124 Å². The molecule has 0 aliphatic carbocycles. The highest BCUT2D eigenvalue weighted by molar-refractivity contribution is 5.87. The SMILES string of the molecule is O=C(NC1CCC(c2ccccc2)CN(CCO)C1=O)N1CCC(n2c(=O)[nH]c3ncccc32)CC1. The average Bonchev–Trinajstić information content (AvgIpc) is 3.17. The van der Waals surface area contributed by atoms with E-state index >= 15 is 0 Å². The molecule has 3 N–H and O–H groups in total. The van der Waals surface area contributed by atoms with Crippen LogP contribution >= 0.6 is 0 Å². The molecule has 4 heterocycles. The Hall–Kier alpha value is -3.66. The summed E-state index contributed by atoms with van der Waals surface area (Å²) >= 11 is 0. The van der Waals surface area contributed by atoms with Crippen LogP contribution in [0.5, 0.6) is 0 Å². The molecule has 1 aromatic carbocycles. The standard InChI is InChI=1S/C26H32N6O4/c33-16-15-31-17-19(18-5-2-1-3-6-18)8-9-21(24(31)34)28-25(35)30-13-10-20(11-14-30)32-22-7-4-12-27-23(22)29-26(32)36/h1-7,12,19-21,33H,8-11,13-17H2,(H,28,35)(H,27,29,36). The molecule has 2 aliphatic rings. The molecule has 0 spiro atoms. The summed E-state index contributed by atoms with van der Waals surface area (Å²) in [6.07, 6.45) is 4.23. The summed E-state index contributed by atoms with van der Waals surface area (Å²) in [4.78, 5) is 49.3. The van der Waals surface area contributed by atoms with Gasteiger partial charge in [-0.15, -0.1) is 0 Å². The van der Waals surface area contributed by atoms with Crippen molar-refractivity contribution in [3.8, 4) is 0 Å². The van der Waals surface area contributed by atoms with Crippen LogP contribution in [0.2, 0.25) is 0 Å². The van der Waals surface area contributed by atoms with Crippen LogP contribution in [0.25, 0.3) is 11.2 Å². The molecule has 0 saturated carbocycles. The number of carbonyl (C=O) groups excluding carboxylic acids is 2. The summed E-state index contributed by atoms with van der Waals surface area (Å²) in [5.74, 6) is 0.00637. The molecule has 190 valence electrons. The molecular formula is C26H32N6O4. The number of nitrogens with one attached hydrogen (secondary N) is 2. The van der Waals surface area contributed by atoms with Gasteiger partial charge in [0, 0.05) is 44.3 Å². The fourth-order valence-electron chi connectivity index (χ4n) is 5.50. The summed E-state index contributed by atoms with van der Waals surface area (Å²) in [6, 6.07) is 12.8. The van der Waals surface area contributed by atoms with Gasteiger partial charge in [-0.2, -0.15) is 0 Å². The number of fused-ring (bicyclic) bond motifs is 1. The zero-order valence-corrected chi connectivity index (χ0v) is 20.2. The molecule has 10 heteroatoms. The van der Waals surface area contributed by atoms with Gasteiger partial charge in [-0.3, -0.25) is 14.3 Å². The van der Waals surface area contributed by atoms with Crippen molar-refractivity contribution < 1.29 is 14.7 Å². The molecule has 2 aromatic heterocycles. The minimum absolute atomic E-state index is 0.0225. The predicted octanol–water partition coefficient (Wildman–Crippen LogP) is 1.84. The van der Waals surface area contributed by atoms with Crippen LogP contribution in [0, 0.1) is 0 Å². The molecule has 2 saturated heterocycles. The number of aliphatic hydroxyl groups is 1. The van der Waals surface area contributed by atoms with E-state index in [1.807, 2.05) is 24.3 Å². The Morgan fingerprint density at radius 3 is 2.58 bits per heavy atom. The summed E-state index contributed by atoms with van der Waals surface area (Å²) in [6.45, 7) is 1.63. The molecule has 0 bridgehead atoms. The number of rotatable bonds is 5. The van der Waals surface area contributed by atoms with Crippen molar-refractivity contribution in [1.82, 2.24) is 29.7 Å². The minimum Gasteiger partial charge on any atom is -0.395 e. The highest BCUT2D eigenvalue weighted by Gasteiger charge is 2.34. The lowest BCUT2D eigenvalue weighted by molar-refractivity contribution is -0.133. The van der Waals surface area contributed by atoms with Gasteiger partial charge in [0.05, 0.1) is 12.1 Å². The first-order chi connectivity index (χ1) is 17.5. The maximum Gasteiger partial charge on any atom is 0.327 e. The van der Waals surface area contributed by atoms with Gasteiger partial charge in [-0.05, 0) is 43.4 Å². The van der Waals surface area contributed by atoms with Crippen molar-refractivity contribution in [2.24, 2.45) is 0 Å². The van der Waals surface area contributed by atoms with Crippen LogP contribution < -0.4 is 11.0 Å². The second-order valence-electron chi connectivity index (χ2n) is 9.58. The molecule has 2 fully saturated rings. The van der Waals surface area contributed by atoms with Crippen molar-refractivity contribution in [2.45, 2.75) is 43.7 Å². The number of carbonyl (C=O) groups is 2. The maximum absolute atomic E-state index is 13.2. The second-order valence-corrected chi connectivity index (χ2v) is 9.58. The van der Waals surface area contributed by atoms with E-state index in [1.165, 1.54) is 0 Å². The van der Waals surface area contributed by atoms with Crippen LogP contribution in [0.4, 0.5) is 4.79 Å². The Balaban J connectivity index is 1.23. The molecule has 2 unspecified atom stereocenters. The molecule has 0 radical (unpaired) electrons. The number of H-pyrrole nitrogens is 1. The molecule has 5 rings (SSSR count). The molecule has 3 amide bonds. The number of β-amino-alcohol motifs (C(OH)–C–C–N with tert-alkyl or cyclic N) is 1. The van der Waals surface area contributed by atoms with Gasteiger partial charge < -0.3 is 20.2 Å². The first-order valence-corrected chi connectivity index (χ1v) is 12.6. The van der Waals surface area contributed by atoms with E-state index in [2.05, 4.69) is 27.4 Å². The molecule has 2 atom stereocenters. The van der Waals surface area contributed by atoms with Gasteiger partial charge in [0.15, 0.2) is 5.65 Å². The number of likely N-dealkylation sites (tertiary alicyclic amines) is 2. The number of amides is 3. The van der Waals surface area contributed by atoms with E-state index in [9.17, 15) is 19.5 Å². The summed E-state index contributed by atoms with van der Waals surface area (Å²) in [5.41, 5.74) is 2.31. The van der Waals surface area contributed by atoms with E-state index in [1.54, 1.807) is 26.6 Å². The smallest absolute Gasteiger partial charge is 0.327 e. The summed E-state index contributed by atoms with van der Waals surface area (Å²) < 4.78 is 1.74. The molecule has 3 aromatic rings. The lowest BCUT2D eigenvalue weighted by Gasteiger charge is -2.33. The van der Waals surface area contributed by atoms with E-state index in [0.717, 1.165) is 17.5 Å². The maximum atomic E-state index is 13.2. The Morgan fingerprint density at radius 1 is 1.06 bits per heavy atom. The van der Waals surface area contributed by atoms with Crippen molar-refractivity contribution in [2.75, 3.05) is 32.8 Å². The van der Waals surface area contributed by atoms with Crippen molar-refractivity contribution in [3.05, 3.63) is 64.7 Å². The number of aromatic amines is 1. The first kappa shape index (κ1) is 24.1. The summed E-state index contributed by atoms with van der Waals surface area (Å²) in [5, 5.41) is 12.5. The first-order valence-electron chi connectivity index (χ1n) is 12.6. The highest BCUT2D eigenvalue weighted by atomic mass is 16.3. The van der Waals surface area contributed by atoms with E-state index in [-0.39, 0.29) is 42.7 Å². The molecule has 2 aliphatic heterocycles. The number of pyridine rings is 1. The van der Waals surface area contributed by atoms with Crippen LogP contribution in [0.3, 0.4) is 0 Å². The van der Waals surface area contributed by atoms with Crippen LogP contribution in [-0.4, -0.2) is 80.2 Å². The van der Waals surface area contributed by atoms with Gasteiger partial charge in [-0.25, -0.2) is 14.6 Å². The predicted molar refractivity (Wildman–Crippen MR) is 135 cm³/mol. The number of hydrogen-bond donors (Lipinski definition) is 3. The number of benzene rings is 1. The van der Waals surface area contributed by atoms with Gasteiger partial charge >= 0.3 is 11.7 Å². The number of hydrogen-bond acceptors (Lipinski definition) is 5. The Bertz CT molecular complexity index is 1260. The highest BCUT2D eigenvalue weighted by Crippen LogP contribution is 2.28. The molecular weight excluding hydrogens is 460 g/mol. The largest absolute Gasteiger partial charge is 0.395 e. The van der Waals surface area contributed by atoms with Crippen molar-refractivity contribution in [1.29, 1.82) is 0 Å². The lowest BCUT2D eigenvalue weighted by atomic mass is 9.94. The van der Waals surface area contributed by atoms with E-state index in [0.29, 0.717) is 44.5 Å². The molecule has 36 heavy (non-hydrogen) atoms. The number of aliphatic hydroxyl groups excluding tert-OH is 1. The van der Waals surface area contributed by atoms with Crippen LogP contribution in [0.1, 0.15) is 43.2 Å². The zero-order chi connectivity index (χ0) is 25.1. The molecule has 10 nitrogen and oxygen atoms in total. The fraction of sp³-hybridized carbons (Fsp3) is 0.462. The van der Waals surface area contributed by atoms with Gasteiger partial charge in [0.1, 0.15) is 6.04 Å². The monoisotopic (exact) mass is 492 g/mol. The van der Waals surface area contributed by atoms with Crippen LogP contribution in [-0.2, 0) is 4.79 Å².